The van der Waals surface area contributed by atoms with Crippen molar-refractivity contribution < 1.29 is 28.2 Å². The number of aliphatic hydroxyl groups excluding tert-OH is 1. The Labute approximate surface area is 226 Å². The van der Waals surface area contributed by atoms with E-state index < -0.39 is 35.6 Å². The Balaban J connectivity index is 1.47. The quantitative estimate of drug-likeness (QED) is 0.332. The van der Waals surface area contributed by atoms with Crippen molar-refractivity contribution in [1.82, 2.24) is 20.1 Å². The molecule has 0 aliphatic carbocycles. The maximum atomic E-state index is 14.7. The summed E-state index contributed by atoms with van der Waals surface area (Å²) in [5.41, 5.74) is -0.137. The fourth-order valence-corrected chi connectivity index (χ4v) is 4.39. The molecule has 12 heteroatoms. The van der Waals surface area contributed by atoms with Gasteiger partial charge < -0.3 is 20.5 Å². The maximum absolute atomic E-state index is 14.7. The van der Waals surface area contributed by atoms with Crippen LogP contribution in [0.3, 0.4) is 0 Å². The molecule has 3 heterocycles. The normalized spacial score (nSPS) is 17.0. The van der Waals surface area contributed by atoms with E-state index in [1.54, 1.807) is 30.3 Å². The molecule has 1 aliphatic heterocycles. The average Bonchev–Trinajstić information content (AvgIpc) is 3.35. The Bertz CT molecular complexity index is 1530. The number of aliphatic hydroxyl groups is 1. The van der Waals surface area contributed by atoms with E-state index in [1.165, 1.54) is 23.0 Å². The van der Waals surface area contributed by atoms with Gasteiger partial charge in [-0.15, -0.1) is 0 Å². The zero-order valence-corrected chi connectivity index (χ0v) is 21.0. The van der Waals surface area contributed by atoms with E-state index in [4.69, 9.17) is 16.3 Å². The number of carbonyl (C=O) groups is 2. The zero-order chi connectivity index (χ0) is 27.5. The molecule has 0 radical (unpaired) electrons. The summed E-state index contributed by atoms with van der Waals surface area (Å²) in [6.07, 6.45) is 0.867. The number of aromatic nitrogens is 3. The van der Waals surface area contributed by atoms with Gasteiger partial charge >= 0.3 is 0 Å². The molecule has 2 amide bonds. The smallest absolute Gasteiger partial charge is 0.272 e. The minimum absolute atomic E-state index is 0.0192. The molecule has 4 aromatic rings. The lowest BCUT2D eigenvalue weighted by molar-refractivity contribution is -0.0261. The number of hydrogen-bond donors (Lipinski definition) is 3. The van der Waals surface area contributed by atoms with Crippen molar-refractivity contribution in [1.29, 1.82) is 0 Å². The van der Waals surface area contributed by atoms with E-state index in [0.717, 1.165) is 18.2 Å². The molecule has 39 heavy (non-hydrogen) atoms. The summed E-state index contributed by atoms with van der Waals surface area (Å²) in [6.45, 7) is 0.498. The van der Waals surface area contributed by atoms with Gasteiger partial charge in [-0.25, -0.2) is 13.5 Å². The standard InChI is InChI=1S/C27H22ClF2N5O4/c28-18-12-20(30)17(25-19(29)7-4-9-31-25)11-16(18)26(37)33-24-13-22(34-35(24)15-5-2-1-3-6-15)27(38)32-21-8-10-39-14-23(21)36/h1-7,9,11-13,21,23,36H,8,10,14H2,(H,32,38)(H,33,37)/t21-,23-/m1/s1. The van der Waals surface area contributed by atoms with Crippen molar-refractivity contribution in [3.8, 4) is 16.9 Å². The Morgan fingerprint density at radius 1 is 1.05 bits per heavy atom. The summed E-state index contributed by atoms with van der Waals surface area (Å²) in [5.74, 6) is -2.80. The number of rotatable bonds is 6. The molecule has 0 bridgehead atoms. The first-order valence-electron chi connectivity index (χ1n) is 11.9. The van der Waals surface area contributed by atoms with E-state index in [2.05, 4.69) is 20.7 Å². The van der Waals surface area contributed by atoms with Crippen LogP contribution in [-0.2, 0) is 4.74 Å². The first-order chi connectivity index (χ1) is 18.8. The lowest BCUT2D eigenvalue weighted by Gasteiger charge is -2.28. The first kappa shape index (κ1) is 26.4. The van der Waals surface area contributed by atoms with Crippen molar-refractivity contribution in [2.24, 2.45) is 0 Å². The van der Waals surface area contributed by atoms with E-state index >= 15 is 0 Å². The van der Waals surface area contributed by atoms with Gasteiger partial charge in [0.25, 0.3) is 11.8 Å². The monoisotopic (exact) mass is 553 g/mol. The molecule has 2 aromatic heterocycles. The van der Waals surface area contributed by atoms with Crippen LogP contribution in [0, 0.1) is 11.6 Å². The number of amides is 2. The topological polar surface area (TPSA) is 118 Å². The van der Waals surface area contributed by atoms with Crippen LogP contribution in [0.25, 0.3) is 16.9 Å². The molecule has 2 aromatic carbocycles. The van der Waals surface area contributed by atoms with E-state index in [0.29, 0.717) is 18.7 Å². The highest BCUT2D eigenvalue weighted by molar-refractivity contribution is 6.34. The average molecular weight is 554 g/mol. The van der Waals surface area contributed by atoms with Crippen LogP contribution in [0.1, 0.15) is 27.3 Å². The number of carbonyl (C=O) groups excluding carboxylic acids is 2. The van der Waals surface area contributed by atoms with Gasteiger partial charge in [-0.3, -0.25) is 14.6 Å². The van der Waals surface area contributed by atoms with Crippen molar-refractivity contribution >= 4 is 29.2 Å². The minimum Gasteiger partial charge on any atom is -0.389 e. The van der Waals surface area contributed by atoms with Crippen molar-refractivity contribution in [3.63, 3.8) is 0 Å². The number of nitrogens with one attached hydrogen (secondary N) is 2. The number of para-hydroxylation sites is 1. The number of halogens is 3. The fraction of sp³-hybridized carbons (Fsp3) is 0.185. The largest absolute Gasteiger partial charge is 0.389 e. The molecule has 0 unspecified atom stereocenters. The van der Waals surface area contributed by atoms with Crippen molar-refractivity contribution in [2.75, 3.05) is 18.5 Å². The Hall–Kier alpha value is -4.19. The summed E-state index contributed by atoms with van der Waals surface area (Å²) < 4.78 is 35.5. The van der Waals surface area contributed by atoms with Gasteiger partial charge in [0.2, 0.25) is 0 Å². The molecule has 1 saturated heterocycles. The van der Waals surface area contributed by atoms with Gasteiger partial charge in [0.05, 0.1) is 35.0 Å². The first-order valence-corrected chi connectivity index (χ1v) is 12.3. The van der Waals surface area contributed by atoms with Crippen LogP contribution in [-0.4, -0.2) is 57.0 Å². The van der Waals surface area contributed by atoms with Crippen LogP contribution in [0.5, 0.6) is 0 Å². The highest BCUT2D eigenvalue weighted by atomic mass is 35.5. The third-order valence-corrected chi connectivity index (χ3v) is 6.45. The molecule has 200 valence electrons. The minimum atomic E-state index is -0.864. The van der Waals surface area contributed by atoms with E-state index in [1.807, 2.05) is 0 Å². The molecule has 1 aliphatic rings. The highest BCUT2D eigenvalue weighted by Crippen LogP contribution is 2.30. The molecule has 3 N–H and O–H groups in total. The van der Waals surface area contributed by atoms with Crippen LogP contribution in [0.2, 0.25) is 5.02 Å². The van der Waals surface area contributed by atoms with Gasteiger partial charge in [0, 0.05) is 24.4 Å². The van der Waals surface area contributed by atoms with E-state index in [9.17, 15) is 23.5 Å². The molecule has 1 fully saturated rings. The third kappa shape index (κ3) is 5.65. The number of anilines is 1. The molecular formula is C27H22ClF2N5O4. The molecule has 2 atom stereocenters. The van der Waals surface area contributed by atoms with Gasteiger partial charge in [0.1, 0.15) is 23.1 Å². The van der Waals surface area contributed by atoms with Crippen molar-refractivity contribution in [3.05, 3.63) is 94.8 Å². The Morgan fingerprint density at radius 3 is 2.59 bits per heavy atom. The SMILES string of the molecule is O=C(N[C@@H]1CCOC[C@H]1O)c1cc(NC(=O)c2cc(-c3ncccc3F)c(F)cc2Cl)n(-c2ccccc2)n1. The summed E-state index contributed by atoms with van der Waals surface area (Å²) in [7, 11) is 0. The number of hydrogen-bond acceptors (Lipinski definition) is 6. The van der Waals surface area contributed by atoms with Gasteiger partial charge in [0.15, 0.2) is 5.69 Å². The van der Waals surface area contributed by atoms with Gasteiger partial charge in [-0.2, -0.15) is 5.10 Å². The number of ether oxygens (including phenoxy) is 1. The summed E-state index contributed by atoms with van der Waals surface area (Å²) in [6, 6.07) is 14.1. The Kier molecular flexibility index (Phi) is 7.64. The second kappa shape index (κ2) is 11.3. The van der Waals surface area contributed by atoms with Crippen molar-refractivity contribution in [2.45, 2.75) is 18.6 Å². The van der Waals surface area contributed by atoms with Crippen LogP contribution < -0.4 is 10.6 Å². The number of benzene rings is 2. The second-order valence-electron chi connectivity index (χ2n) is 8.77. The lowest BCUT2D eigenvalue weighted by Crippen LogP contribution is -2.48. The molecule has 9 nitrogen and oxygen atoms in total. The van der Waals surface area contributed by atoms with Crippen LogP contribution in [0.15, 0.2) is 66.9 Å². The predicted octanol–water partition coefficient (Wildman–Crippen LogP) is 4.00. The Morgan fingerprint density at radius 2 is 1.85 bits per heavy atom. The summed E-state index contributed by atoms with van der Waals surface area (Å²) in [4.78, 5) is 30.2. The van der Waals surface area contributed by atoms with Crippen LogP contribution >= 0.6 is 11.6 Å². The third-order valence-electron chi connectivity index (χ3n) is 6.14. The predicted molar refractivity (Wildman–Crippen MR) is 139 cm³/mol. The number of nitrogens with zero attached hydrogens (tertiary/aromatic N) is 3. The molecule has 0 spiro atoms. The van der Waals surface area contributed by atoms with Crippen LogP contribution in [0.4, 0.5) is 14.6 Å². The number of pyridine rings is 1. The summed E-state index contributed by atoms with van der Waals surface area (Å²) in [5, 5.41) is 19.7. The maximum Gasteiger partial charge on any atom is 0.272 e. The highest BCUT2D eigenvalue weighted by Gasteiger charge is 2.27. The zero-order valence-electron chi connectivity index (χ0n) is 20.3. The fourth-order valence-electron chi connectivity index (χ4n) is 4.15. The molecule has 0 saturated carbocycles. The molecular weight excluding hydrogens is 532 g/mol. The second-order valence-corrected chi connectivity index (χ2v) is 9.18. The van der Waals surface area contributed by atoms with Gasteiger partial charge in [-0.1, -0.05) is 29.8 Å². The summed E-state index contributed by atoms with van der Waals surface area (Å²) >= 11 is 6.19. The van der Waals surface area contributed by atoms with E-state index in [-0.39, 0.29) is 40.0 Å². The van der Waals surface area contributed by atoms with Gasteiger partial charge in [-0.05, 0) is 42.8 Å². The molecule has 5 rings (SSSR count). The lowest BCUT2D eigenvalue weighted by atomic mass is 10.1.